The van der Waals surface area contributed by atoms with Crippen LogP contribution in [0.2, 0.25) is 0 Å². The molecule has 2 N–H and O–H groups in total. The number of aryl methyl sites for hydroxylation is 1. The molecule has 2 aromatic rings. The first kappa shape index (κ1) is 16.3. The number of rotatable bonds is 5. The average Bonchev–Trinajstić information content (AvgIpc) is 3.01. The van der Waals surface area contributed by atoms with Crippen molar-refractivity contribution in [3.63, 3.8) is 0 Å². The van der Waals surface area contributed by atoms with Crippen molar-refractivity contribution in [1.29, 1.82) is 0 Å². The van der Waals surface area contributed by atoms with E-state index in [9.17, 15) is 0 Å². The molecule has 0 radical (unpaired) electrons. The average molecular weight is 331 g/mol. The van der Waals surface area contributed by atoms with Gasteiger partial charge in [0.05, 0.1) is 14.2 Å². The Morgan fingerprint density at radius 3 is 2.78 bits per heavy atom. The van der Waals surface area contributed by atoms with Crippen molar-refractivity contribution in [3.05, 3.63) is 45.1 Å². The molecule has 0 saturated carbocycles. The molecule has 0 aliphatic heterocycles. The van der Waals surface area contributed by atoms with E-state index in [1.807, 2.05) is 17.4 Å². The van der Waals surface area contributed by atoms with Crippen LogP contribution in [0.4, 0.5) is 0 Å². The number of ether oxygens (including phenoxy) is 2. The van der Waals surface area contributed by atoms with Crippen molar-refractivity contribution in [3.8, 4) is 11.5 Å². The van der Waals surface area contributed by atoms with Gasteiger partial charge in [0.2, 0.25) is 0 Å². The lowest BCUT2D eigenvalue weighted by Gasteiger charge is -2.32. The molecule has 1 aromatic heterocycles. The molecular formula is C19H25NO2S. The SMILES string of the molecule is CCCc1cc(C2c3ccc(OC)c(OC)c3CCC2N)cs1. The molecule has 0 spiro atoms. The zero-order valence-electron chi connectivity index (χ0n) is 14.1. The molecule has 23 heavy (non-hydrogen) atoms. The number of hydrogen-bond acceptors (Lipinski definition) is 4. The van der Waals surface area contributed by atoms with Crippen LogP contribution in [-0.2, 0) is 12.8 Å². The van der Waals surface area contributed by atoms with Crippen LogP contribution in [0.25, 0.3) is 0 Å². The molecule has 1 aliphatic carbocycles. The van der Waals surface area contributed by atoms with Crippen molar-refractivity contribution in [1.82, 2.24) is 0 Å². The maximum atomic E-state index is 6.50. The Balaban J connectivity index is 2.05. The highest BCUT2D eigenvalue weighted by atomic mass is 32.1. The van der Waals surface area contributed by atoms with Gasteiger partial charge in [-0.1, -0.05) is 19.4 Å². The van der Waals surface area contributed by atoms with Gasteiger partial charge in [-0.25, -0.2) is 0 Å². The largest absolute Gasteiger partial charge is 0.493 e. The molecule has 3 nitrogen and oxygen atoms in total. The van der Waals surface area contributed by atoms with Gasteiger partial charge in [-0.3, -0.25) is 0 Å². The van der Waals surface area contributed by atoms with E-state index in [1.165, 1.54) is 28.0 Å². The van der Waals surface area contributed by atoms with Crippen LogP contribution in [0.1, 0.15) is 47.3 Å². The second-order valence-electron chi connectivity index (χ2n) is 6.15. The number of fused-ring (bicyclic) bond motifs is 1. The molecule has 0 amide bonds. The fourth-order valence-electron chi connectivity index (χ4n) is 3.63. The molecule has 0 fully saturated rings. The summed E-state index contributed by atoms with van der Waals surface area (Å²) >= 11 is 1.85. The van der Waals surface area contributed by atoms with Crippen molar-refractivity contribution in [2.24, 2.45) is 5.73 Å². The van der Waals surface area contributed by atoms with Crippen LogP contribution in [0.3, 0.4) is 0 Å². The topological polar surface area (TPSA) is 44.5 Å². The smallest absolute Gasteiger partial charge is 0.164 e. The van der Waals surface area contributed by atoms with E-state index in [2.05, 4.69) is 24.4 Å². The van der Waals surface area contributed by atoms with E-state index in [1.54, 1.807) is 14.2 Å². The Labute approximate surface area is 142 Å². The highest BCUT2D eigenvalue weighted by molar-refractivity contribution is 7.10. The van der Waals surface area contributed by atoms with Crippen LogP contribution < -0.4 is 15.2 Å². The van der Waals surface area contributed by atoms with E-state index < -0.39 is 0 Å². The summed E-state index contributed by atoms with van der Waals surface area (Å²) in [5, 5.41) is 2.28. The zero-order valence-corrected chi connectivity index (χ0v) is 14.9. The third kappa shape index (κ3) is 2.98. The Morgan fingerprint density at radius 2 is 2.09 bits per heavy atom. The van der Waals surface area contributed by atoms with Crippen molar-refractivity contribution in [2.45, 2.75) is 44.6 Å². The second kappa shape index (κ2) is 6.93. The van der Waals surface area contributed by atoms with Crippen molar-refractivity contribution >= 4 is 11.3 Å². The molecule has 2 atom stereocenters. The van der Waals surface area contributed by atoms with E-state index in [0.29, 0.717) is 0 Å². The van der Waals surface area contributed by atoms with Gasteiger partial charge in [-0.15, -0.1) is 11.3 Å². The van der Waals surface area contributed by atoms with Crippen LogP contribution in [-0.4, -0.2) is 20.3 Å². The summed E-state index contributed by atoms with van der Waals surface area (Å²) in [5.74, 6) is 1.92. The second-order valence-corrected chi connectivity index (χ2v) is 7.14. The first-order valence-electron chi connectivity index (χ1n) is 8.26. The summed E-state index contributed by atoms with van der Waals surface area (Å²) in [5.41, 5.74) is 10.4. The van der Waals surface area contributed by atoms with Gasteiger partial charge in [-0.05, 0) is 47.9 Å². The number of benzene rings is 1. The summed E-state index contributed by atoms with van der Waals surface area (Å²) in [6.07, 6.45) is 4.24. The molecular weight excluding hydrogens is 306 g/mol. The van der Waals surface area contributed by atoms with E-state index in [4.69, 9.17) is 15.2 Å². The van der Waals surface area contributed by atoms with Crippen LogP contribution in [0.5, 0.6) is 11.5 Å². The molecule has 2 unspecified atom stereocenters. The Bertz CT molecular complexity index is 680. The lowest BCUT2D eigenvalue weighted by atomic mass is 9.76. The van der Waals surface area contributed by atoms with Crippen molar-refractivity contribution in [2.75, 3.05) is 14.2 Å². The normalized spacial score (nSPS) is 20.2. The first-order chi connectivity index (χ1) is 11.2. The number of thiophene rings is 1. The summed E-state index contributed by atoms with van der Waals surface area (Å²) in [4.78, 5) is 1.45. The maximum absolute atomic E-state index is 6.50. The number of nitrogens with two attached hydrogens (primary N) is 1. The molecule has 3 rings (SSSR count). The first-order valence-corrected chi connectivity index (χ1v) is 9.14. The fraction of sp³-hybridized carbons (Fsp3) is 0.474. The summed E-state index contributed by atoms with van der Waals surface area (Å²) in [6, 6.07) is 6.66. The van der Waals surface area contributed by atoms with Crippen LogP contribution in [0, 0.1) is 0 Å². The van der Waals surface area contributed by atoms with Gasteiger partial charge in [0.25, 0.3) is 0 Å². The van der Waals surface area contributed by atoms with Gasteiger partial charge in [0.15, 0.2) is 11.5 Å². The van der Waals surface area contributed by atoms with Crippen LogP contribution in [0.15, 0.2) is 23.6 Å². The summed E-state index contributed by atoms with van der Waals surface area (Å²) < 4.78 is 11.1. The number of methoxy groups -OCH3 is 2. The Kier molecular flexibility index (Phi) is 4.93. The molecule has 0 bridgehead atoms. The van der Waals surface area contributed by atoms with Gasteiger partial charge >= 0.3 is 0 Å². The highest BCUT2D eigenvalue weighted by Gasteiger charge is 2.32. The van der Waals surface area contributed by atoms with E-state index in [0.717, 1.165) is 30.8 Å². The van der Waals surface area contributed by atoms with Gasteiger partial charge in [0.1, 0.15) is 0 Å². The third-order valence-corrected chi connectivity index (χ3v) is 5.72. The minimum absolute atomic E-state index is 0.157. The molecule has 0 saturated heterocycles. The predicted molar refractivity (Wildman–Crippen MR) is 96.0 cm³/mol. The Morgan fingerprint density at radius 1 is 1.26 bits per heavy atom. The monoisotopic (exact) mass is 331 g/mol. The summed E-state index contributed by atoms with van der Waals surface area (Å²) in [7, 11) is 3.40. The predicted octanol–water partition coefficient (Wildman–Crippen LogP) is 4.12. The molecule has 1 aliphatic rings. The third-order valence-electron chi connectivity index (χ3n) is 4.71. The number of hydrogen-bond donors (Lipinski definition) is 1. The molecule has 4 heteroatoms. The van der Waals surface area contributed by atoms with Crippen molar-refractivity contribution < 1.29 is 9.47 Å². The minimum atomic E-state index is 0.157. The Hall–Kier alpha value is -1.52. The van der Waals surface area contributed by atoms with Crippen LogP contribution >= 0.6 is 11.3 Å². The van der Waals surface area contributed by atoms with E-state index in [-0.39, 0.29) is 12.0 Å². The van der Waals surface area contributed by atoms with Gasteiger partial charge in [0, 0.05) is 22.4 Å². The standard InChI is InChI=1S/C19H25NO2S/c1-4-5-13-10-12(11-23-13)18-14-7-9-17(21-2)19(22-3)15(14)6-8-16(18)20/h7,9-11,16,18H,4-6,8,20H2,1-3H3. The lowest BCUT2D eigenvalue weighted by molar-refractivity contribution is 0.347. The maximum Gasteiger partial charge on any atom is 0.164 e. The van der Waals surface area contributed by atoms with Gasteiger partial charge in [-0.2, -0.15) is 0 Å². The lowest BCUT2D eigenvalue weighted by Crippen LogP contribution is -2.33. The summed E-state index contributed by atoms with van der Waals surface area (Å²) in [6.45, 7) is 2.22. The minimum Gasteiger partial charge on any atom is -0.493 e. The zero-order chi connectivity index (χ0) is 16.4. The fourth-order valence-corrected chi connectivity index (χ4v) is 4.66. The molecule has 1 heterocycles. The quantitative estimate of drug-likeness (QED) is 0.896. The van der Waals surface area contributed by atoms with Gasteiger partial charge < -0.3 is 15.2 Å². The van der Waals surface area contributed by atoms with E-state index >= 15 is 0 Å². The highest BCUT2D eigenvalue weighted by Crippen LogP contribution is 2.44. The molecule has 1 aromatic carbocycles. The molecule has 124 valence electrons.